The fourth-order valence-electron chi connectivity index (χ4n) is 2.42. The highest BCUT2D eigenvalue weighted by atomic mass is 16.5. The molecule has 1 heterocycles. The summed E-state index contributed by atoms with van der Waals surface area (Å²) in [6.45, 7) is 3.98. The molecule has 1 aromatic carbocycles. The fourth-order valence-corrected chi connectivity index (χ4v) is 2.42. The van der Waals surface area contributed by atoms with E-state index in [0.717, 1.165) is 37.3 Å². The van der Waals surface area contributed by atoms with Crippen LogP contribution in [0.1, 0.15) is 31.4 Å². The molecule has 0 aromatic heterocycles. The summed E-state index contributed by atoms with van der Waals surface area (Å²) in [5.41, 5.74) is 1.16. The van der Waals surface area contributed by atoms with Crippen molar-refractivity contribution < 1.29 is 9.47 Å². The smallest absolute Gasteiger partial charge is 0.124 e. The summed E-state index contributed by atoms with van der Waals surface area (Å²) in [5, 5.41) is 3.50. The molecule has 17 heavy (non-hydrogen) atoms. The van der Waals surface area contributed by atoms with E-state index >= 15 is 0 Å². The molecule has 2 atom stereocenters. The van der Waals surface area contributed by atoms with Gasteiger partial charge in [0.1, 0.15) is 5.75 Å². The molecule has 1 aliphatic heterocycles. The Morgan fingerprint density at radius 3 is 3.00 bits per heavy atom. The Morgan fingerprint density at radius 1 is 1.41 bits per heavy atom. The molecular weight excluding hydrogens is 214 g/mol. The quantitative estimate of drug-likeness (QED) is 0.870. The zero-order valence-corrected chi connectivity index (χ0v) is 10.6. The predicted molar refractivity (Wildman–Crippen MR) is 68.4 cm³/mol. The molecule has 0 radical (unpaired) electrons. The lowest BCUT2D eigenvalue weighted by molar-refractivity contribution is -0.000615. The molecule has 1 N–H and O–H groups in total. The van der Waals surface area contributed by atoms with Crippen molar-refractivity contribution in [1.82, 2.24) is 5.32 Å². The minimum absolute atomic E-state index is 0.156. The molecule has 1 aliphatic rings. The molecule has 0 amide bonds. The molecule has 2 rings (SSSR count). The van der Waals surface area contributed by atoms with Crippen LogP contribution in [0.25, 0.3) is 0 Å². The van der Waals surface area contributed by atoms with Crippen LogP contribution >= 0.6 is 0 Å². The van der Waals surface area contributed by atoms with Crippen molar-refractivity contribution in [3.8, 4) is 5.75 Å². The van der Waals surface area contributed by atoms with Gasteiger partial charge in [-0.25, -0.2) is 0 Å². The number of nitrogens with one attached hydrogen (secondary N) is 1. The second-order valence-electron chi connectivity index (χ2n) is 4.38. The minimum Gasteiger partial charge on any atom is -0.496 e. The number of para-hydroxylation sites is 1. The van der Waals surface area contributed by atoms with E-state index < -0.39 is 0 Å². The van der Waals surface area contributed by atoms with E-state index in [2.05, 4.69) is 18.3 Å². The number of ether oxygens (including phenoxy) is 2. The first kappa shape index (κ1) is 12.4. The summed E-state index contributed by atoms with van der Waals surface area (Å²) in [5.74, 6) is 0.926. The lowest BCUT2D eigenvalue weighted by Gasteiger charge is -2.31. The molecule has 2 unspecified atom stereocenters. The van der Waals surface area contributed by atoms with Crippen molar-refractivity contribution >= 4 is 0 Å². The van der Waals surface area contributed by atoms with Crippen LogP contribution in [0.3, 0.4) is 0 Å². The molecule has 0 saturated carbocycles. The first-order valence-electron chi connectivity index (χ1n) is 6.33. The summed E-state index contributed by atoms with van der Waals surface area (Å²) in [6.07, 6.45) is 2.28. The minimum atomic E-state index is 0.156. The van der Waals surface area contributed by atoms with Crippen LogP contribution in [0.4, 0.5) is 0 Å². The summed E-state index contributed by atoms with van der Waals surface area (Å²) in [4.78, 5) is 0. The third kappa shape index (κ3) is 2.99. The van der Waals surface area contributed by atoms with Gasteiger partial charge < -0.3 is 14.8 Å². The molecule has 1 saturated heterocycles. The largest absolute Gasteiger partial charge is 0.496 e. The van der Waals surface area contributed by atoms with E-state index in [1.165, 1.54) is 0 Å². The van der Waals surface area contributed by atoms with Crippen LogP contribution in [-0.4, -0.2) is 26.3 Å². The standard InChI is InChI=1S/C14H21NO2/c1-3-15-11-8-9-17-14(10-11)12-6-4-5-7-13(12)16-2/h4-7,11,14-15H,3,8-10H2,1-2H3. The molecule has 0 aliphatic carbocycles. The van der Waals surface area contributed by atoms with Gasteiger partial charge in [0.25, 0.3) is 0 Å². The van der Waals surface area contributed by atoms with Gasteiger partial charge in [-0.3, -0.25) is 0 Å². The number of rotatable bonds is 4. The maximum absolute atomic E-state index is 5.86. The van der Waals surface area contributed by atoms with Crippen LogP contribution in [-0.2, 0) is 4.74 Å². The van der Waals surface area contributed by atoms with Crippen molar-refractivity contribution in [3.63, 3.8) is 0 Å². The fraction of sp³-hybridized carbons (Fsp3) is 0.571. The van der Waals surface area contributed by atoms with E-state index in [1.807, 2.05) is 18.2 Å². The van der Waals surface area contributed by atoms with Gasteiger partial charge in [0.15, 0.2) is 0 Å². The van der Waals surface area contributed by atoms with Crippen LogP contribution in [0, 0.1) is 0 Å². The normalized spacial score (nSPS) is 24.6. The van der Waals surface area contributed by atoms with E-state index in [0.29, 0.717) is 6.04 Å². The lowest BCUT2D eigenvalue weighted by atomic mass is 9.97. The monoisotopic (exact) mass is 235 g/mol. The Labute approximate surface area is 103 Å². The number of methoxy groups -OCH3 is 1. The molecule has 3 heteroatoms. The number of hydrogen-bond donors (Lipinski definition) is 1. The van der Waals surface area contributed by atoms with Crippen molar-refractivity contribution in [1.29, 1.82) is 0 Å². The predicted octanol–water partition coefficient (Wildman–Crippen LogP) is 2.52. The molecule has 1 fully saturated rings. The average Bonchev–Trinajstić information content (AvgIpc) is 2.39. The summed E-state index contributed by atoms with van der Waals surface area (Å²) in [6, 6.07) is 8.68. The van der Waals surface area contributed by atoms with Crippen molar-refractivity contribution in [3.05, 3.63) is 29.8 Å². The van der Waals surface area contributed by atoms with E-state index in [9.17, 15) is 0 Å². The van der Waals surface area contributed by atoms with Crippen molar-refractivity contribution in [2.24, 2.45) is 0 Å². The van der Waals surface area contributed by atoms with Gasteiger partial charge in [-0.2, -0.15) is 0 Å². The third-order valence-corrected chi connectivity index (χ3v) is 3.26. The molecular formula is C14H21NO2. The number of benzene rings is 1. The zero-order valence-electron chi connectivity index (χ0n) is 10.6. The molecule has 0 bridgehead atoms. The molecule has 94 valence electrons. The second kappa shape index (κ2) is 6.03. The maximum atomic E-state index is 5.86. The first-order chi connectivity index (χ1) is 8.35. The van der Waals surface area contributed by atoms with Crippen LogP contribution in [0.15, 0.2) is 24.3 Å². The molecule has 0 spiro atoms. The first-order valence-corrected chi connectivity index (χ1v) is 6.33. The van der Waals surface area contributed by atoms with Gasteiger partial charge in [-0.15, -0.1) is 0 Å². The van der Waals surface area contributed by atoms with Crippen molar-refractivity contribution in [2.45, 2.75) is 31.9 Å². The van der Waals surface area contributed by atoms with Crippen molar-refractivity contribution in [2.75, 3.05) is 20.3 Å². The Hall–Kier alpha value is -1.06. The van der Waals surface area contributed by atoms with Gasteiger partial charge in [0, 0.05) is 18.2 Å². The van der Waals surface area contributed by atoms with E-state index in [4.69, 9.17) is 9.47 Å². The lowest BCUT2D eigenvalue weighted by Crippen LogP contribution is -2.35. The van der Waals surface area contributed by atoms with Gasteiger partial charge in [-0.05, 0) is 25.5 Å². The Bertz CT molecular complexity index is 352. The highest BCUT2D eigenvalue weighted by Crippen LogP contribution is 2.33. The highest BCUT2D eigenvalue weighted by Gasteiger charge is 2.25. The summed E-state index contributed by atoms with van der Waals surface area (Å²) in [7, 11) is 1.71. The summed E-state index contributed by atoms with van der Waals surface area (Å²) >= 11 is 0. The number of hydrogen-bond acceptors (Lipinski definition) is 3. The van der Waals surface area contributed by atoms with Gasteiger partial charge in [0.05, 0.1) is 13.2 Å². The van der Waals surface area contributed by atoms with Gasteiger partial charge in [0.2, 0.25) is 0 Å². The molecule has 3 nitrogen and oxygen atoms in total. The van der Waals surface area contributed by atoms with Gasteiger partial charge in [-0.1, -0.05) is 25.1 Å². The summed E-state index contributed by atoms with van der Waals surface area (Å²) < 4.78 is 11.3. The SMILES string of the molecule is CCNC1CCOC(c2ccccc2OC)C1. The Balaban J connectivity index is 2.10. The topological polar surface area (TPSA) is 30.5 Å². The average molecular weight is 235 g/mol. The molecule has 1 aromatic rings. The van der Waals surface area contributed by atoms with E-state index in [1.54, 1.807) is 7.11 Å². The van der Waals surface area contributed by atoms with Crippen LogP contribution in [0.5, 0.6) is 5.75 Å². The second-order valence-corrected chi connectivity index (χ2v) is 4.38. The Kier molecular flexibility index (Phi) is 4.40. The van der Waals surface area contributed by atoms with E-state index in [-0.39, 0.29) is 6.10 Å². The van der Waals surface area contributed by atoms with Gasteiger partial charge >= 0.3 is 0 Å². The van der Waals surface area contributed by atoms with Crippen LogP contribution in [0.2, 0.25) is 0 Å². The zero-order chi connectivity index (χ0) is 12.1. The Morgan fingerprint density at radius 2 is 2.24 bits per heavy atom. The highest BCUT2D eigenvalue weighted by molar-refractivity contribution is 5.35. The maximum Gasteiger partial charge on any atom is 0.124 e. The van der Waals surface area contributed by atoms with Crippen LogP contribution < -0.4 is 10.1 Å². The third-order valence-electron chi connectivity index (χ3n) is 3.26.